The van der Waals surface area contributed by atoms with E-state index in [1.165, 1.54) is 6.26 Å². The molecular formula is C11H18N2O2S. The molecule has 0 bridgehead atoms. The number of rotatable bonds is 6. The lowest BCUT2D eigenvalue weighted by atomic mass is 10.1. The second-order valence-corrected chi connectivity index (χ2v) is 6.21. The first-order valence-corrected chi connectivity index (χ1v) is 7.36. The van der Waals surface area contributed by atoms with Gasteiger partial charge >= 0.3 is 0 Å². The normalized spacial score (nSPS) is 13.6. The Morgan fingerprint density at radius 1 is 1.50 bits per heavy atom. The highest BCUT2D eigenvalue weighted by Crippen LogP contribution is 2.09. The molecule has 0 unspecified atom stereocenters. The summed E-state index contributed by atoms with van der Waals surface area (Å²) in [6.07, 6.45) is 5.45. The van der Waals surface area contributed by atoms with E-state index in [1.807, 2.05) is 25.3 Å². The average molecular weight is 242 g/mol. The molecule has 0 aliphatic carbocycles. The summed E-state index contributed by atoms with van der Waals surface area (Å²) in [6.45, 7) is 2.74. The smallest absolute Gasteiger partial charge is 0.147 e. The molecule has 16 heavy (non-hydrogen) atoms. The summed E-state index contributed by atoms with van der Waals surface area (Å²) in [5, 5.41) is 3.27. The van der Waals surface area contributed by atoms with Crippen LogP contribution in [0.5, 0.6) is 0 Å². The van der Waals surface area contributed by atoms with Crippen molar-refractivity contribution in [3.63, 3.8) is 0 Å². The fourth-order valence-electron chi connectivity index (χ4n) is 1.40. The lowest BCUT2D eigenvalue weighted by molar-refractivity contribution is 0.561. The van der Waals surface area contributed by atoms with Crippen molar-refractivity contribution in [3.05, 3.63) is 30.1 Å². The highest BCUT2D eigenvalue weighted by atomic mass is 32.2. The van der Waals surface area contributed by atoms with Crippen LogP contribution in [0.1, 0.15) is 24.9 Å². The second-order valence-electron chi connectivity index (χ2n) is 3.95. The predicted octanol–water partition coefficient (Wildman–Crippen LogP) is 1.17. The van der Waals surface area contributed by atoms with Crippen LogP contribution in [-0.2, 0) is 9.84 Å². The number of nitrogens with one attached hydrogen (secondary N) is 1. The summed E-state index contributed by atoms with van der Waals surface area (Å²) in [4.78, 5) is 4.04. The Morgan fingerprint density at radius 3 is 2.81 bits per heavy atom. The zero-order valence-electron chi connectivity index (χ0n) is 9.68. The van der Waals surface area contributed by atoms with Gasteiger partial charge in [0, 0.05) is 24.7 Å². The van der Waals surface area contributed by atoms with E-state index in [0.29, 0.717) is 13.0 Å². The summed E-state index contributed by atoms with van der Waals surface area (Å²) in [5.41, 5.74) is 1.11. The van der Waals surface area contributed by atoms with E-state index in [2.05, 4.69) is 10.3 Å². The van der Waals surface area contributed by atoms with Gasteiger partial charge in [0.15, 0.2) is 0 Å². The third-order valence-corrected chi connectivity index (χ3v) is 3.36. The second kappa shape index (κ2) is 5.96. The van der Waals surface area contributed by atoms with Crippen LogP contribution in [0.2, 0.25) is 0 Å². The van der Waals surface area contributed by atoms with Crippen molar-refractivity contribution in [2.24, 2.45) is 0 Å². The van der Waals surface area contributed by atoms with Gasteiger partial charge in [0.1, 0.15) is 9.84 Å². The molecule has 4 nitrogen and oxygen atoms in total. The van der Waals surface area contributed by atoms with Gasteiger partial charge in [-0.3, -0.25) is 4.98 Å². The minimum absolute atomic E-state index is 0.202. The zero-order valence-corrected chi connectivity index (χ0v) is 10.5. The Morgan fingerprint density at radius 2 is 2.25 bits per heavy atom. The summed E-state index contributed by atoms with van der Waals surface area (Å²) in [5.74, 6) is 0.236. The molecule has 1 aromatic rings. The maximum absolute atomic E-state index is 10.9. The molecule has 0 aliphatic heterocycles. The van der Waals surface area contributed by atoms with E-state index in [1.54, 1.807) is 6.20 Å². The molecule has 0 amide bonds. The van der Waals surface area contributed by atoms with Crippen LogP contribution < -0.4 is 5.32 Å². The van der Waals surface area contributed by atoms with Gasteiger partial charge in [-0.05, 0) is 31.5 Å². The molecular weight excluding hydrogens is 224 g/mol. The van der Waals surface area contributed by atoms with Crippen molar-refractivity contribution in [1.82, 2.24) is 10.3 Å². The van der Waals surface area contributed by atoms with Crippen LogP contribution in [0.3, 0.4) is 0 Å². The Labute approximate surface area is 97.0 Å². The highest BCUT2D eigenvalue weighted by molar-refractivity contribution is 7.90. The fraction of sp³-hybridized carbons (Fsp3) is 0.545. The summed E-state index contributed by atoms with van der Waals surface area (Å²) < 4.78 is 21.8. The molecule has 0 fully saturated rings. The standard InChI is InChI=1S/C11H18N2O2S/c1-10(11-5-3-6-12-9-11)13-7-4-8-16(2,14)15/h3,5-6,9-10,13H,4,7-8H2,1-2H3/t10-/m1/s1. The molecule has 0 aliphatic rings. The van der Waals surface area contributed by atoms with Crippen LogP contribution in [0.4, 0.5) is 0 Å². The van der Waals surface area contributed by atoms with Gasteiger partial charge in [-0.1, -0.05) is 6.07 Å². The van der Waals surface area contributed by atoms with Crippen molar-refractivity contribution in [3.8, 4) is 0 Å². The van der Waals surface area contributed by atoms with Crippen molar-refractivity contribution < 1.29 is 8.42 Å². The molecule has 0 aromatic carbocycles. The number of hydrogen-bond donors (Lipinski definition) is 1. The van der Waals surface area contributed by atoms with E-state index in [9.17, 15) is 8.42 Å². The number of nitrogens with zero attached hydrogens (tertiary/aromatic N) is 1. The number of hydrogen-bond acceptors (Lipinski definition) is 4. The van der Waals surface area contributed by atoms with E-state index < -0.39 is 9.84 Å². The molecule has 5 heteroatoms. The van der Waals surface area contributed by atoms with Crippen molar-refractivity contribution in [1.29, 1.82) is 0 Å². The molecule has 0 spiro atoms. The predicted molar refractivity (Wildman–Crippen MR) is 65.0 cm³/mol. The van der Waals surface area contributed by atoms with Crippen molar-refractivity contribution >= 4 is 9.84 Å². The first-order chi connectivity index (χ1) is 7.49. The molecule has 0 radical (unpaired) electrons. The van der Waals surface area contributed by atoms with Gasteiger partial charge in [0.05, 0.1) is 5.75 Å². The summed E-state index contributed by atoms with van der Waals surface area (Å²) in [6, 6.07) is 4.10. The Bertz CT molecular complexity index is 403. The molecule has 1 N–H and O–H groups in total. The minimum Gasteiger partial charge on any atom is -0.310 e. The monoisotopic (exact) mass is 242 g/mol. The maximum Gasteiger partial charge on any atom is 0.147 e. The van der Waals surface area contributed by atoms with E-state index in [4.69, 9.17) is 0 Å². The van der Waals surface area contributed by atoms with E-state index >= 15 is 0 Å². The fourth-order valence-corrected chi connectivity index (χ4v) is 2.07. The van der Waals surface area contributed by atoms with E-state index in [-0.39, 0.29) is 11.8 Å². The average Bonchev–Trinajstić information content (AvgIpc) is 2.24. The molecule has 1 aromatic heterocycles. The van der Waals surface area contributed by atoms with Gasteiger partial charge in [-0.15, -0.1) is 0 Å². The van der Waals surface area contributed by atoms with Crippen molar-refractivity contribution in [2.75, 3.05) is 18.6 Å². The van der Waals surface area contributed by atoms with Crippen LogP contribution in [0.25, 0.3) is 0 Å². The lowest BCUT2D eigenvalue weighted by Gasteiger charge is -2.13. The topological polar surface area (TPSA) is 59.1 Å². The lowest BCUT2D eigenvalue weighted by Crippen LogP contribution is -2.21. The third-order valence-electron chi connectivity index (χ3n) is 2.33. The highest BCUT2D eigenvalue weighted by Gasteiger charge is 2.05. The minimum atomic E-state index is -2.84. The number of aromatic nitrogens is 1. The van der Waals surface area contributed by atoms with Crippen LogP contribution in [0.15, 0.2) is 24.5 Å². The quantitative estimate of drug-likeness (QED) is 0.761. The Balaban J connectivity index is 2.29. The van der Waals surface area contributed by atoms with Crippen molar-refractivity contribution in [2.45, 2.75) is 19.4 Å². The Kier molecular flexibility index (Phi) is 4.89. The van der Waals surface area contributed by atoms with Crippen LogP contribution in [0, 0.1) is 0 Å². The van der Waals surface area contributed by atoms with E-state index in [0.717, 1.165) is 5.56 Å². The summed E-state index contributed by atoms with van der Waals surface area (Å²) >= 11 is 0. The number of pyridine rings is 1. The van der Waals surface area contributed by atoms with Gasteiger partial charge in [0.2, 0.25) is 0 Å². The van der Waals surface area contributed by atoms with Crippen LogP contribution in [-0.4, -0.2) is 32.0 Å². The molecule has 0 saturated carbocycles. The first kappa shape index (κ1) is 13.1. The SMILES string of the molecule is C[C@@H](NCCCS(C)(=O)=O)c1cccnc1. The van der Waals surface area contributed by atoms with Gasteiger partial charge in [-0.25, -0.2) is 8.42 Å². The third kappa shape index (κ3) is 5.23. The maximum atomic E-state index is 10.9. The number of sulfone groups is 1. The van der Waals surface area contributed by atoms with Gasteiger partial charge < -0.3 is 5.32 Å². The van der Waals surface area contributed by atoms with Crippen LogP contribution >= 0.6 is 0 Å². The molecule has 0 saturated heterocycles. The Hall–Kier alpha value is -0.940. The van der Waals surface area contributed by atoms with Gasteiger partial charge in [0.25, 0.3) is 0 Å². The molecule has 1 atom stereocenters. The molecule has 1 rings (SSSR count). The zero-order chi connectivity index (χ0) is 12.0. The molecule has 90 valence electrons. The summed E-state index contributed by atoms with van der Waals surface area (Å²) in [7, 11) is -2.84. The first-order valence-electron chi connectivity index (χ1n) is 5.30. The van der Waals surface area contributed by atoms with Gasteiger partial charge in [-0.2, -0.15) is 0 Å². The largest absolute Gasteiger partial charge is 0.310 e. The molecule has 1 heterocycles.